The van der Waals surface area contributed by atoms with Crippen molar-refractivity contribution in [2.75, 3.05) is 24.7 Å². The summed E-state index contributed by atoms with van der Waals surface area (Å²) in [7, 11) is 0. The summed E-state index contributed by atoms with van der Waals surface area (Å²) in [4.78, 5) is 8.16. The van der Waals surface area contributed by atoms with Crippen LogP contribution in [-0.2, 0) is 6.42 Å². The molecule has 1 aliphatic carbocycles. The topological polar surface area (TPSA) is 120 Å². The molecule has 0 saturated carbocycles. The van der Waals surface area contributed by atoms with Gasteiger partial charge in [0.05, 0.1) is 24.8 Å². The number of ether oxygens (including phenoxy) is 2. The molecule has 0 atom stereocenters. The van der Waals surface area contributed by atoms with Gasteiger partial charge in [0.15, 0.2) is 0 Å². The van der Waals surface area contributed by atoms with Crippen molar-refractivity contribution in [3.05, 3.63) is 53.2 Å². The predicted molar refractivity (Wildman–Crippen MR) is 132 cm³/mol. The van der Waals surface area contributed by atoms with Gasteiger partial charge in [0, 0.05) is 24.6 Å². The minimum atomic E-state index is -0.138. The van der Waals surface area contributed by atoms with Crippen LogP contribution in [0.3, 0.4) is 0 Å². The number of anilines is 2. The van der Waals surface area contributed by atoms with Crippen LogP contribution in [0.1, 0.15) is 63.1 Å². The average molecular weight is 448 g/mol. The lowest BCUT2D eigenvalue weighted by Crippen LogP contribution is -2.21. The molecule has 0 aliphatic heterocycles. The van der Waals surface area contributed by atoms with Crippen LogP contribution in [-0.4, -0.2) is 23.2 Å². The number of nitrogens with zero attached hydrogens (tertiary/aromatic N) is 3. The van der Waals surface area contributed by atoms with E-state index in [0.717, 1.165) is 53.0 Å². The zero-order valence-electron chi connectivity index (χ0n) is 19.7. The molecule has 174 valence electrons. The smallest absolute Gasteiger partial charge is 0.221 e. The van der Waals surface area contributed by atoms with Gasteiger partial charge in [-0.25, -0.2) is 4.98 Å². The van der Waals surface area contributed by atoms with Gasteiger partial charge in [-0.15, -0.1) is 0 Å². The van der Waals surface area contributed by atoms with E-state index in [2.05, 4.69) is 48.1 Å². The first-order valence-corrected chi connectivity index (χ1v) is 11.4. The minimum Gasteiger partial charge on any atom is -0.493 e. The monoisotopic (exact) mass is 447 g/mol. The third kappa shape index (κ3) is 6.48. The van der Waals surface area contributed by atoms with Crippen LogP contribution in [0.15, 0.2) is 36.6 Å². The zero-order valence-corrected chi connectivity index (χ0v) is 19.7. The molecule has 3 rings (SSSR count). The maximum absolute atomic E-state index is 8.99. The standard InChI is InChI=1S/C26H33N5O2/c1-4-32-21-14-18(13-20-16-30-25(29)31-24(20)28)15-22(23(21)19-9-6-5-7-10-19)33-17-26(2,3)11-8-12-27/h6,9-10,14-16H,4-5,7-8,11,13,17H2,1-3H3,(H4,28,29,30,31). The van der Waals surface area contributed by atoms with Crippen LogP contribution in [0.25, 0.3) is 5.57 Å². The van der Waals surface area contributed by atoms with Gasteiger partial charge in [0.1, 0.15) is 17.3 Å². The van der Waals surface area contributed by atoms with Gasteiger partial charge in [-0.1, -0.05) is 32.1 Å². The van der Waals surface area contributed by atoms with E-state index in [1.165, 1.54) is 0 Å². The van der Waals surface area contributed by atoms with Crippen molar-refractivity contribution in [1.29, 1.82) is 5.26 Å². The summed E-state index contributed by atoms with van der Waals surface area (Å²) in [6, 6.07) is 6.30. The van der Waals surface area contributed by atoms with E-state index < -0.39 is 0 Å². The first kappa shape index (κ1) is 24.1. The molecular formula is C26H33N5O2. The molecule has 1 heterocycles. The number of nitriles is 1. The number of nitrogens with two attached hydrogens (primary N) is 2. The molecule has 33 heavy (non-hydrogen) atoms. The van der Waals surface area contributed by atoms with Gasteiger partial charge in [-0.3, -0.25) is 0 Å². The van der Waals surface area contributed by atoms with Gasteiger partial charge in [-0.05, 0) is 54.9 Å². The highest BCUT2D eigenvalue weighted by atomic mass is 16.5. The first-order chi connectivity index (χ1) is 15.8. The second-order valence-corrected chi connectivity index (χ2v) is 8.97. The van der Waals surface area contributed by atoms with Crippen molar-refractivity contribution in [3.8, 4) is 17.6 Å². The maximum Gasteiger partial charge on any atom is 0.221 e. The Kier molecular flexibility index (Phi) is 7.94. The van der Waals surface area contributed by atoms with Crippen LogP contribution in [0.4, 0.5) is 11.8 Å². The predicted octanol–water partition coefficient (Wildman–Crippen LogP) is 5.07. The van der Waals surface area contributed by atoms with Gasteiger partial charge < -0.3 is 20.9 Å². The van der Waals surface area contributed by atoms with E-state index in [9.17, 15) is 0 Å². The maximum atomic E-state index is 8.99. The third-order valence-electron chi connectivity index (χ3n) is 5.55. The van der Waals surface area contributed by atoms with Crippen LogP contribution in [0, 0.1) is 16.7 Å². The third-order valence-corrected chi connectivity index (χ3v) is 5.55. The summed E-state index contributed by atoms with van der Waals surface area (Å²) in [6.07, 6.45) is 12.0. The highest BCUT2D eigenvalue weighted by Gasteiger charge is 2.22. The van der Waals surface area contributed by atoms with Crippen LogP contribution >= 0.6 is 0 Å². The summed E-state index contributed by atoms with van der Waals surface area (Å²) in [5.74, 6) is 2.05. The Balaban J connectivity index is 2.02. The number of nitrogen functional groups attached to an aromatic ring is 2. The fourth-order valence-electron chi connectivity index (χ4n) is 3.74. The summed E-state index contributed by atoms with van der Waals surface area (Å²) in [5.41, 5.74) is 15.4. The minimum absolute atomic E-state index is 0.138. The van der Waals surface area contributed by atoms with Crippen molar-refractivity contribution in [3.63, 3.8) is 0 Å². The molecule has 0 unspecified atom stereocenters. The normalized spacial score (nSPS) is 13.3. The molecule has 4 N–H and O–H groups in total. The van der Waals surface area contributed by atoms with Crippen molar-refractivity contribution < 1.29 is 9.47 Å². The molecule has 1 aliphatic rings. The number of allylic oxidation sites excluding steroid dienone is 4. The molecule has 0 saturated heterocycles. The number of rotatable bonds is 10. The molecule has 0 amide bonds. The quantitative estimate of drug-likeness (QED) is 0.521. The molecule has 1 aromatic heterocycles. The zero-order chi connectivity index (χ0) is 23.8. The van der Waals surface area contributed by atoms with E-state index in [1.807, 2.05) is 19.1 Å². The summed E-state index contributed by atoms with van der Waals surface area (Å²) in [6.45, 7) is 7.22. The van der Waals surface area contributed by atoms with E-state index in [4.69, 9.17) is 26.2 Å². The van der Waals surface area contributed by atoms with Gasteiger partial charge in [-0.2, -0.15) is 10.2 Å². The van der Waals surface area contributed by atoms with Crippen LogP contribution < -0.4 is 20.9 Å². The molecular weight excluding hydrogens is 414 g/mol. The fraction of sp³-hybridized carbons (Fsp3) is 0.423. The number of aromatic nitrogens is 2. The summed E-state index contributed by atoms with van der Waals surface area (Å²) in [5, 5.41) is 8.99. The lowest BCUT2D eigenvalue weighted by atomic mass is 9.89. The van der Waals surface area contributed by atoms with Crippen LogP contribution in [0.2, 0.25) is 0 Å². The SMILES string of the molecule is CCOc1cc(Cc2cnc(N)nc2N)cc(OCC(C)(C)CCC#N)c1C1=CCCC=C1. The fourth-order valence-corrected chi connectivity index (χ4v) is 3.74. The number of benzene rings is 1. The van der Waals surface area contributed by atoms with Crippen molar-refractivity contribution in [2.24, 2.45) is 5.41 Å². The molecule has 2 aromatic rings. The van der Waals surface area contributed by atoms with Gasteiger partial charge >= 0.3 is 0 Å². The molecule has 7 heteroatoms. The Hall–Kier alpha value is -3.53. The van der Waals surface area contributed by atoms with Gasteiger partial charge in [0.2, 0.25) is 5.95 Å². The lowest BCUT2D eigenvalue weighted by molar-refractivity contribution is 0.170. The van der Waals surface area contributed by atoms with Crippen molar-refractivity contribution in [1.82, 2.24) is 9.97 Å². The lowest BCUT2D eigenvalue weighted by Gasteiger charge is -2.26. The Morgan fingerprint density at radius 3 is 2.55 bits per heavy atom. The Bertz CT molecular complexity index is 1080. The Labute approximate surface area is 196 Å². The molecule has 0 spiro atoms. The first-order valence-electron chi connectivity index (χ1n) is 11.4. The van der Waals surface area contributed by atoms with Crippen LogP contribution in [0.5, 0.6) is 11.5 Å². The van der Waals surface area contributed by atoms with Crippen molar-refractivity contribution in [2.45, 2.75) is 52.9 Å². The highest BCUT2D eigenvalue weighted by Crippen LogP contribution is 2.40. The Morgan fingerprint density at radius 2 is 1.91 bits per heavy atom. The second kappa shape index (κ2) is 10.9. The second-order valence-electron chi connectivity index (χ2n) is 8.97. The molecule has 0 bridgehead atoms. The summed E-state index contributed by atoms with van der Waals surface area (Å²) < 4.78 is 12.5. The largest absolute Gasteiger partial charge is 0.493 e. The Morgan fingerprint density at radius 1 is 1.15 bits per heavy atom. The molecule has 7 nitrogen and oxygen atoms in total. The average Bonchev–Trinajstić information content (AvgIpc) is 2.79. The van der Waals surface area contributed by atoms with E-state index in [-0.39, 0.29) is 11.4 Å². The molecule has 0 fully saturated rings. The highest BCUT2D eigenvalue weighted by molar-refractivity contribution is 5.82. The van der Waals surface area contributed by atoms with Crippen molar-refractivity contribution >= 4 is 17.3 Å². The number of hydrogen-bond donors (Lipinski definition) is 2. The van der Waals surface area contributed by atoms with E-state index in [1.54, 1.807) is 6.20 Å². The molecule has 1 aromatic carbocycles. The summed E-state index contributed by atoms with van der Waals surface area (Å²) >= 11 is 0. The number of hydrogen-bond acceptors (Lipinski definition) is 7. The van der Waals surface area contributed by atoms with E-state index >= 15 is 0 Å². The molecule has 0 radical (unpaired) electrons. The van der Waals surface area contributed by atoms with E-state index in [0.29, 0.717) is 31.9 Å². The van der Waals surface area contributed by atoms with Gasteiger partial charge in [0.25, 0.3) is 0 Å².